The summed E-state index contributed by atoms with van der Waals surface area (Å²) in [5, 5.41) is 0. The SMILES string of the molecule is CCC(=O)N1CCc2[nH]cnc2C12CCN(C(=O)[C@@H](N)c1ccccc1)CC2. The van der Waals surface area contributed by atoms with E-state index in [1.54, 1.807) is 6.33 Å². The molecule has 0 radical (unpaired) electrons. The fraction of sp³-hybridized carbons (Fsp3) is 0.476. The van der Waals surface area contributed by atoms with Gasteiger partial charge in [-0.25, -0.2) is 4.98 Å². The van der Waals surface area contributed by atoms with Crippen molar-refractivity contribution >= 4 is 11.8 Å². The summed E-state index contributed by atoms with van der Waals surface area (Å²) in [4.78, 5) is 37.2. The molecule has 2 amide bonds. The molecule has 2 aliphatic rings. The fourth-order valence-corrected chi connectivity index (χ4v) is 4.64. The Morgan fingerprint density at radius 2 is 1.93 bits per heavy atom. The second-order valence-electron chi connectivity index (χ2n) is 7.62. The second-order valence-corrected chi connectivity index (χ2v) is 7.62. The third kappa shape index (κ3) is 2.99. The average Bonchev–Trinajstić information content (AvgIpc) is 3.24. The number of fused-ring (bicyclic) bond motifs is 2. The van der Waals surface area contributed by atoms with Gasteiger partial charge in [0.25, 0.3) is 0 Å². The summed E-state index contributed by atoms with van der Waals surface area (Å²) in [5.74, 6) is 0.0851. The van der Waals surface area contributed by atoms with Crippen LogP contribution in [0.3, 0.4) is 0 Å². The van der Waals surface area contributed by atoms with E-state index >= 15 is 0 Å². The van der Waals surface area contributed by atoms with E-state index in [9.17, 15) is 9.59 Å². The lowest BCUT2D eigenvalue weighted by molar-refractivity contribution is -0.144. The maximum atomic E-state index is 12.9. The highest BCUT2D eigenvalue weighted by molar-refractivity contribution is 5.83. The van der Waals surface area contributed by atoms with Gasteiger partial charge in [-0.2, -0.15) is 0 Å². The summed E-state index contributed by atoms with van der Waals surface area (Å²) in [5.41, 5.74) is 8.71. The third-order valence-electron chi connectivity index (χ3n) is 6.19. The van der Waals surface area contributed by atoms with Crippen molar-refractivity contribution in [3.05, 3.63) is 53.6 Å². The van der Waals surface area contributed by atoms with E-state index in [0.717, 1.165) is 23.4 Å². The number of rotatable bonds is 3. The van der Waals surface area contributed by atoms with E-state index in [4.69, 9.17) is 5.73 Å². The van der Waals surface area contributed by atoms with Crippen LogP contribution in [0.25, 0.3) is 0 Å². The number of hydrogen-bond donors (Lipinski definition) is 2. The summed E-state index contributed by atoms with van der Waals surface area (Å²) in [7, 11) is 0. The Kier molecular flexibility index (Phi) is 4.93. The molecule has 2 aromatic rings. The molecule has 148 valence electrons. The van der Waals surface area contributed by atoms with Gasteiger partial charge in [0.1, 0.15) is 6.04 Å². The largest absolute Gasteiger partial charge is 0.348 e. The number of hydrogen-bond acceptors (Lipinski definition) is 4. The van der Waals surface area contributed by atoms with Crippen molar-refractivity contribution in [1.82, 2.24) is 19.8 Å². The quantitative estimate of drug-likeness (QED) is 0.846. The Hall–Kier alpha value is -2.67. The molecule has 0 aliphatic carbocycles. The number of benzene rings is 1. The molecule has 0 bridgehead atoms. The Labute approximate surface area is 164 Å². The highest BCUT2D eigenvalue weighted by Gasteiger charge is 2.49. The Morgan fingerprint density at radius 3 is 2.61 bits per heavy atom. The van der Waals surface area contributed by atoms with Gasteiger partial charge in [0.15, 0.2) is 0 Å². The summed E-state index contributed by atoms with van der Waals surface area (Å²) < 4.78 is 0. The number of likely N-dealkylation sites (tertiary alicyclic amines) is 1. The van der Waals surface area contributed by atoms with Crippen molar-refractivity contribution in [2.24, 2.45) is 5.73 Å². The van der Waals surface area contributed by atoms with E-state index in [-0.39, 0.29) is 11.8 Å². The number of carbonyl (C=O) groups excluding carboxylic acids is 2. The Balaban J connectivity index is 1.55. The van der Waals surface area contributed by atoms with Crippen molar-refractivity contribution in [2.75, 3.05) is 19.6 Å². The molecule has 1 atom stereocenters. The molecular formula is C21H27N5O2. The number of nitrogens with two attached hydrogens (primary N) is 1. The Bertz CT molecular complexity index is 855. The first-order valence-electron chi connectivity index (χ1n) is 9.99. The third-order valence-corrected chi connectivity index (χ3v) is 6.19. The highest BCUT2D eigenvalue weighted by Crippen LogP contribution is 2.42. The number of H-pyrrole nitrogens is 1. The van der Waals surface area contributed by atoms with Crippen LogP contribution in [-0.4, -0.2) is 51.2 Å². The van der Waals surface area contributed by atoms with Crippen LogP contribution in [0, 0.1) is 0 Å². The first-order chi connectivity index (χ1) is 13.6. The number of carbonyl (C=O) groups is 2. The lowest BCUT2D eigenvalue weighted by Gasteiger charge is -2.50. The van der Waals surface area contributed by atoms with Crippen molar-refractivity contribution in [1.29, 1.82) is 0 Å². The smallest absolute Gasteiger partial charge is 0.244 e. The lowest BCUT2D eigenvalue weighted by Crippen LogP contribution is -2.59. The van der Waals surface area contributed by atoms with Gasteiger partial charge in [-0.15, -0.1) is 0 Å². The van der Waals surface area contributed by atoms with Gasteiger partial charge in [0.05, 0.1) is 17.6 Å². The van der Waals surface area contributed by atoms with Gasteiger partial charge >= 0.3 is 0 Å². The number of amides is 2. The zero-order valence-corrected chi connectivity index (χ0v) is 16.2. The first kappa shape index (κ1) is 18.7. The van der Waals surface area contributed by atoms with Gasteiger partial charge in [-0.3, -0.25) is 9.59 Å². The van der Waals surface area contributed by atoms with Crippen molar-refractivity contribution in [3.63, 3.8) is 0 Å². The molecule has 28 heavy (non-hydrogen) atoms. The maximum absolute atomic E-state index is 12.9. The summed E-state index contributed by atoms with van der Waals surface area (Å²) in [6, 6.07) is 8.80. The molecule has 3 heterocycles. The van der Waals surface area contributed by atoms with E-state index in [2.05, 4.69) is 9.97 Å². The van der Waals surface area contributed by atoms with Crippen LogP contribution in [0.5, 0.6) is 0 Å². The van der Waals surface area contributed by atoms with Crippen LogP contribution in [-0.2, 0) is 21.5 Å². The molecule has 1 saturated heterocycles. The minimum Gasteiger partial charge on any atom is -0.348 e. The molecule has 1 fully saturated rings. The van der Waals surface area contributed by atoms with Crippen LogP contribution in [0.15, 0.2) is 36.7 Å². The molecule has 1 spiro atoms. The number of nitrogens with zero attached hydrogens (tertiary/aromatic N) is 3. The molecule has 7 nitrogen and oxygen atoms in total. The molecular weight excluding hydrogens is 354 g/mol. The van der Waals surface area contributed by atoms with Gasteiger partial charge < -0.3 is 20.5 Å². The minimum atomic E-state index is -0.657. The van der Waals surface area contributed by atoms with Gasteiger partial charge in [-0.05, 0) is 18.4 Å². The first-order valence-corrected chi connectivity index (χ1v) is 9.99. The average molecular weight is 381 g/mol. The minimum absolute atomic E-state index is 0.0625. The van der Waals surface area contributed by atoms with Crippen LogP contribution in [0.1, 0.15) is 49.2 Å². The zero-order valence-electron chi connectivity index (χ0n) is 16.2. The molecule has 1 aromatic heterocycles. The number of imidazole rings is 1. The number of piperidine rings is 1. The molecule has 7 heteroatoms. The standard InChI is InChI=1S/C21H27N5O2/c1-2-17(27)26-11-8-16-19(24-14-23-16)21(26)9-12-25(13-10-21)20(28)18(22)15-6-4-3-5-7-15/h3-7,14,18H,2,8-13,22H2,1H3,(H,23,24)/t18-/m0/s1. The maximum Gasteiger partial charge on any atom is 0.244 e. The van der Waals surface area contributed by atoms with Crippen LogP contribution in [0.2, 0.25) is 0 Å². The summed E-state index contributed by atoms with van der Waals surface area (Å²) >= 11 is 0. The Morgan fingerprint density at radius 1 is 1.21 bits per heavy atom. The van der Waals surface area contributed by atoms with Crippen molar-refractivity contribution < 1.29 is 9.59 Å². The van der Waals surface area contributed by atoms with Gasteiger partial charge in [-0.1, -0.05) is 37.3 Å². The fourth-order valence-electron chi connectivity index (χ4n) is 4.64. The highest BCUT2D eigenvalue weighted by atomic mass is 16.2. The summed E-state index contributed by atoms with van der Waals surface area (Å²) in [6.07, 6.45) is 4.36. The summed E-state index contributed by atoms with van der Waals surface area (Å²) in [6.45, 7) is 3.73. The van der Waals surface area contributed by atoms with Crippen LogP contribution >= 0.6 is 0 Å². The van der Waals surface area contributed by atoms with E-state index < -0.39 is 11.6 Å². The second kappa shape index (κ2) is 7.39. The molecule has 3 N–H and O–H groups in total. The predicted octanol–water partition coefficient (Wildman–Crippen LogP) is 1.72. The lowest BCUT2D eigenvalue weighted by atomic mass is 9.78. The molecule has 1 aromatic carbocycles. The zero-order chi connectivity index (χ0) is 19.7. The van der Waals surface area contributed by atoms with E-state index in [1.807, 2.05) is 47.1 Å². The molecule has 4 rings (SSSR count). The van der Waals surface area contributed by atoms with Crippen molar-refractivity contribution in [3.8, 4) is 0 Å². The number of aromatic amines is 1. The molecule has 2 aliphatic heterocycles. The normalized spacial score (nSPS) is 19.4. The monoisotopic (exact) mass is 381 g/mol. The van der Waals surface area contributed by atoms with Crippen LogP contribution in [0.4, 0.5) is 0 Å². The predicted molar refractivity (Wildman–Crippen MR) is 105 cm³/mol. The number of aromatic nitrogens is 2. The number of nitrogens with one attached hydrogen (secondary N) is 1. The molecule has 0 saturated carbocycles. The molecule has 0 unspecified atom stereocenters. The van der Waals surface area contributed by atoms with Gasteiger partial charge in [0, 0.05) is 38.2 Å². The van der Waals surface area contributed by atoms with E-state index in [0.29, 0.717) is 38.9 Å². The van der Waals surface area contributed by atoms with Crippen molar-refractivity contribution in [2.45, 2.75) is 44.2 Å². The van der Waals surface area contributed by atoms with Crippen LogP contribution < -0.4 is 5.73 Å². The van der Waals surface area contributed by atoms with Gasteiger partial charge in [0.2, 0.25) is 11.8 Å². The topological polar surface area (TPSA) is 95.3 Å². The van der Waals surface area contributed by atoms with E-state index in [1.165, 1.54) is 0 Å².